The first-order chi connectivity index (χ1) is 9.63. The third-order valence-electron chi connectivity index (χ3n) is 3.73. The first kappa shape index (κ1) is 15.5. The highest BCUT2D eigenvalue weighted by molar-refractivity contribution is 7.14. The average Bonchev–Trinajstić information content (AvgIpc) is 2.82. The monoisotopic (exact) mass is 297 g/mol. The number of ether oxygens (including phenoxy) is 1. The van der Waals surface area contributed by atoms with Crippen molar-refractivity contribution in [1.29, 1.82) is 0 Å². The van der Waals surface area contributed by atoms with Crippen molar-refractivity contribution < 1.29 is 14.6 Å². The van der Waals surface area contributed by atoms with Gasteiger partial charge in [0.2, 0.25) is 0 Å². The minimum atomic E-state index is -0.129. The summed E-state index contributed by atoms with van der Waals surface area (Å²) in [5, 5.41) is 11.9. The minimum absolute atomic E-state index is 0.0484. The van der Waals surface area contributed by atoms with Crippen LogP contribution in [-0.2, 0) is 17.6 Å². The molecule has 2 atom stereocenters. The van der Waals surface area contributed by atoms with E-state index in [4.69, 9.17) is 9.84 Å². The molecule has 1 aliphatic carbocycles. The Morgan fingerprint density at radius 1 is 1.65 bits per heavy atom. The molecule has 0 radical (unpaired) electrons. The number of thiophene rings is 1. The zero-order valence-corrected chi connectivity index (χ0v) is 13.0. The van der Waals surface area contributed by atoms with E-state index in [0.717, 1.165) is 17.7 Å². The molecule has 4 nitrogen and oxygen atoms in total. The predicted octanol–water partition coefficient (Wildman–Crippen LogP) is 2.00. The maximum atomic E-state index is 12.3. The largest absolute Gasteiger partial charge is 0.396 e. The van der Waals surface area contributed by atoms with Crippen molar-refractivity contribution >= 4 is 17.2 Å². The second-order valence-electron chi connectivity index (χ2n) is 5.55. The van der Waals surface area contributed by atoms with Gasteiger partial charge in [0.1, 0.15) is 0 Å². The number of methoxy groups -OCH3 is 1. The van der Waals surface area contributed by atoms with E-state index in [2.05, 4.69) is 12.2 Å². The van der Waals surface area contributed by atoms with E-state index in [1.165, 1.54) is 16.9 Å². The SMILES string of the molecule is COCC(CCO)NC(=O)c1cc2c(s1)CCC(C)C2. The quantitative estimate of drug-likeness (QED) is 0.844. The summed E-state index contributed by atoms with van der Waals surface area (Å²) in [6, 6.07) is 1.91. The van der Waals surface area contributed by atoms with E-state index < -0.39 is 0 Å². The Balaban J connectivity index is 2.02. The van der Waals surface area contributed by atoms with Crippen LogP contribution < -0.4 is 5.32 Å². The highest BCUT2D eigenvalue weighted by atomic mass is 32.1. The average molecular weight is 297 g/mol. The molecular weight excluding hydrogens is 274 g/mol. The van der Waals surface area contributed by atoms with E-state index >= 15 is 0 Å². The number of hydrogen-bond acceptors (Lipinski definition) is 4. The Morgan fingerprint density at radius 2 is 2.45 bits per heavy atom. The number of aliphatic hydroxyl groups excluding tert-OH is 1. The van der Waals surface area contributed by atoms with Gasteiger partial charge in [-0.3, -0.25) is 4.79 Å². The topological polar surface area (TPSA) is 58.6 Å². The van der Waals surface area contributed by atoms with Crippen molar-refractivity contribution in [3.05, 3.63) is 21.4 Å². The molecule has 0 saturated heterocycles. The molecule has 1 amide bonds. The van der Waals surface area contributed by atoms with Crippen LogP contribution in [0, 0.1) is 5.92 Å². The zero-order valence-electron chi connectivity index (χ0n) is 12.1. The highest BCUT2D eigenvalue weighted by Gasteiger charge is 2.21. The smallest absolute Gasteiger partial charge is 0.261 e. The number of aryl methyl sites for hydroxylation is 1. The van der Waals surface area contributed by atoms with Gasteiger partial charge >= 0.3 is 0 Å². The minimum Gasteiger partial charge on any atom is -0.396 e. The summed E-state index contributed by atoms with van der Waals surface area (Å²) in [6.45, 7) is 2.73. The first-order valence-corrected chi connectivity index (χ1v) is 7.98. The number of carbonyl (C=O) groups excluding carboxylic acids is 1. The molecule has 2 rings (SSSR count). The number of rotatable bonds is 6. The maximum absolute atomic E-state index is 12.3. The fraction of sp³-hybridized carbons (Fsp3) is 0.667. The van der Waals surface area contributed by atoms with Crippen LogP contribution in [0.15, 0.2) is 6.07 Å². The van der Waals surface area contributed by atoms with Crippen LogP contribution in [0.25, 0.3) is 0 Å². The van der Waals surface area contributed by atoms with Gasteiger partial charge in [0, 0.05) is 18.6 Å². The van der Waals surface area contributed by atoms with Crippen molar-refractivity contribution in [2.45, 2.75) is 38.6 Å². The lowest BCUT2D eigenvalue weighted by Gasteiger charge is -2.16. The fourth-order valence-corrected chi connectivity index (χ4v) is 3.74. The highest BCUT2D eigenvalue weighted by Crippen LogP contribution is 2.32. The molecule has 0 aliphatic heterocycles. The van der Waals surface area contributed by atoms with Gasteiger partial charge < -0.3 is 15.2 Å². The second-order valence-corrected chi connectivity index (χ2v) is 6.68. The number of nitrogens with one attached hydrogen (secondary N) is 1. The van der Waals surface area contributed by atoms with Crippen LogP contribution in [-0.4, -0.2) is 37.4 Å². The van der Waals surface area contributed by atoms with Gasteiger partial charge in [0.15, 0.2) is 0 Å². The Bertz CT molecular complexity index is 452. The molecule has 112 valence electrons. The van der Waals surface area contributed by atoms with E-state index in [1.54, 1.807) is 18.4 Å². The first-order valence-electron chi connectivity index (χ1n) is 7.16. The van der Waals surface area contributed by atoms with Crippen LogP contribution in [0.2, 0.25) is 0 Å². The number of hydrogen-bond donors (Lipinski definition) is 2. The van der Waals surface area contributed by atoms with Crippen LogP contribution in [0.3, 0.4) is 0 Å². The molecule has 0 saturated carbocycles. The summed E-state index contributed by atoms with van der Waals surface area (Å²) in [5.41, 5.74) is 1.34. The summed E-state index contributed by atoms with van der Waals surface area (Å²) >= 11 is 1.61. The van der Waals surface area contributed by atoms with Gasteiger partial charge in [-0.25, -0.2) is 0 Å². The van der Waals surface area contributed by atoms with Gasteiger partial charge in [-0.15, -0.1) is 11.3 Å². The van der Waals surface area contributed by atoms with Crippen LogP contribution in [0.5, 0.6) is 0 Å². The molecule has 1 aromatic rings. The maximum Gasteiger partial charge on any atom is 0.261 e. The van der Waals surface area contributed by atoms with Gasteiger partial charge in [-0.05, 0) is 43.2 Å². The molecule has 5 heteroatoms. The number of carbonyl (C=O) groups is 1. The summed E-state index contributed by atoms with van der Waals surface area (Å²) in [7, 11) is 1.60. The van der Waals surface area contributed by atoms with E-state index in [-0.39, 0.29) is 18.6 Å². The molecule has 0 fully saturated rings. The molecule has 1 aromatic heterocycles. The second kappa shape index (κ2) is 7.20. The normalized spacial score (nSPS) is 19.4. The van der Waals surface area contributed by atoms with Crippen molar-refractivity contribution in [3.63, 3.8) is 0 Å². The van der Waals surface area contributed by atoms with Gasteiger partial charge in [-0.2, -0.15) is 0 Å². The lowest BCUT2D eigenvalue weighted by Crippen LogP contribution is -2.38. The van der Waals surface area contributed by atoms with E-state index in [9.17, 15) is 4.79 Å². The van der Waals surface area contributed by atoms with Crippen molar-refractivity contribution in [3.8, 4) is 0 Å². The molecule has 2 N–H and O–H groups in total. The standard InChI is InChI=1S/C15H23NO3S/c1-10-3-4-13-11(7-10)8-14(20-13)15(18)16-12(5-6-17)9-19-2/h8,10,12,17H,3-7,9H2,1-2H3,(H,16,18). The van der Waals surface area contributed by atoms with Crippen LogP contribution >= 0.6 is 11.3 Å². The van der Waals surface area contributed by atoms with Crippen molar-refractivity contribution in [2.75, 3.05) is 20.3 Å². The fourth-order valence-electron chi connectivity index (χ4n) is 2.63. The molecule has 20 heavy (non-hydrogen) atoms. The Labute approximate surface area is 124 Å². The lowest BCUT2D eigenvalue weighted by atomic mass is 9.90. The third kappa shape index (κ3) is 3.81. The summed E-state index contributed by atoms with van der Waals surface area (Å²) in [5.74, 6) is 0.663. The Morgan fingerprint density at radius 3 is 3.15 bits per heavy atom. The molecular formula is C15H23NO3S. The van der Waals surface area contributed by atoms with E-state index in [1.807, 2.05) is 6.07 Å². The zero-order chi connectivity index (χ0) is 14.5. The number of aliphatic hydroxyl groups is 1. The number of fused-ring (bicyclic) bond motifs is 1. The Kier molecular flexibility index (Phi) is 5.57. The van der Waals surface area contributed by atoms with Crippen molar-refractivity contribution in [1.82, 2.24) is 5.32 Å². The lowest BCUT2D eigenvalue weighted by molar-refractivity contribution is 0.0882. The molecule has 1 heterocycles. The summed E-state index contributed by atoms with van der Waals surface area (Å²) < 4.78 is 5.07. The van der Waals surface area contributed by atoms with Crippen molar-refractivity contribution in [2.24, 2.45) is 5.92 Å². The predicted molar refractivity (Wildman–Crippen MR) is 80.3 cm³/mol. The molecule has 0 aromatic carbocycles. The molecule has 1 aliphatic rings. The van der Waals surface area contributed by atoms with Gasteiger partial charge in [0.25, 0.3) is 5.91 Å². The summed E-state index contributed by atoms with van der Waals surface area (Å²) in [6.07, 6.45) is 3.90. The van der Waals surface area contributed by atoms with Gasteiger partial charge in [-0.1, -0.05) is 6.92 Å². The number of amides is 1. The molecule has 2 unspecified atom stereocenters. The summed E-state index contributed by atoms with van der Waals surface area (Å²) in [4.78, 5) is 14.4. The Hall–Kier alpha value is -0.910. The molecule has 0 bridgehead atoms. The van der Waals surface area contributed by atoms with Crippen LogP contribution in [0.4, 0.5) is 0 Å². The van der Waals surface area contributed by atoms with Crippen LogP contribution in [0.1, 0.15) is 39.9 Å². The van der Waals surface area contributed by atoms with E-state index in [0.29, 0.717) is 18.9 Å². The van der Waals surface area contributed by atoms with Gasteiger partial charge in [0.05, 0.1) is 17.5 Å². The molecule has 0 spiro atoms. The third-order valence-corrected chi connectivity index (χ3v) is 4.97.